The largest absolute Gasteiger partial charge is 0.481 e. The molecule has 1 aliphatic heterocycles. The van der Waals surface area contributed by atoms with E-state index in [0.29, 0.717) is 12.8 Å². The molecule has 1 heterocycles. The number of nitrogens with zero attached hydrogens (tertiary/aromatic N) is 1. The Balaban J connectivity index is 1.55. The number of carboxylic acid groups (broad SMARTS) is 1. The summed E-state index contributed by atoms with van der Waals surface area (Å²) in [4.78, 5) is 24.6. The van der Waals surface area contributed by atoms with Gasteiger partial charge in [0.15, 0.2) is 0 Å². The molecule has 7 nitrogen and oxygen atoms in total. The van der Waals surface area contributed by atoms with Crippen molar-refractivity contribution in [1.29, 1.82) is 0 Å². The molecule has 0 aromatic heterocycles. The summed E-state index contributed by atoms with van der Waals surface area (Å²) >= 11 is 11.9. The molecule has 0 radical (unpaired) electrons. The molecule has 3 aliphatic rings. The van der Waals surface area contributed by atoms with E-state index in [9.17, 15) is 23.1 Å². The Morgan fingerprint density at radius 3 is 2.38 bits per heavy atom. The van der Waals surface area contributed by atoms with Gasteiger partial charge >= 0.3 is 5.97 Å². The number of rotatable bonds is 5. The molecular formula is C19H22Cl2N2O5S. The number of carbonyl (C=O) groups is 2. The van der Waals surface area contributed by atoms with Crippen molar-refractivity contribution in [3.05, 3.63) is 28.2 Å². The van der Waals surface area contributed by atoms with Gasteiger partial charge in [-0.3, -0.25) is 9.59 Å². The van der Waals surface area contributed by atoms with Crippen LogP contribution in [0.15, 0.2) is 23.1 Å². The molecule has 1 aromatic carbocycles. The van der Waals surface area contributed by atoms with E-state index in [-0.39, 0.29) is 33.3 Å². The molecule has 158 valence electrons. The van der Waals surface area contributed by atoms with Gasteiger partial charge in [-0.05, 0) is 62.1 Å². The first kappa shape index (κ1) is 20.9. The van der Waals surface area contributed by atoms with Crippen LogP contribution in [0.4, 0.5) is 0 Å². The minimum Gasteiger partial charge on any atom is -0.481 e. The number of hydrogen-bond acceptors (Lipinski definition) is 4. The summed E-state index contributed by atoms with van der Waals surface area (Å²) in [5.74, 6) is -1.70. The molecule has 1 aromatic rings. The van der Waals surface area contributed by atoms with Crippen molar-refractivity contribution in [2.75, 3.05) is 6.54 Å². The Hall–Kier alpha value is -1.35. The highest BCUT2D eigenvalue weighted by atomic mass is 35.5. The van der Waals surface area contributed by atoms with Crippen molar-refractivity contribution in [3.8, 4) is 0 Å². The second kappa shape index (κ2) is 7.72. The molecule has 29 heavy (non-hydrogen) atoms. The van der Waals surface area contributed by atoms with Crippen LogP contribution >= 0.6 is 23.2 Å². The Kier molecular flexibility index (Phi) is 5.57. The fourth-order valence-corrected chi connectivity index (χ4v) is 7.60. The van der Waals surface area contributed by atoms with Crippen molar-refractivity contribution in [2.24, 2.45) is 17.8 Å². The predicted molar refractivity (Wildman–Crippen MR) is 107 cm³/mol. The molecule has 4 rings (SSSR count). The van der Waals surface area contributed by atoms with E-state index in [1.54, 1.807) is 0 Å². The molecule has 2 bridgehead atoms. The molecule has 5 atom stereocenters. The molecule has 10 heteroatoms. The quantitative estimate of drug-likeness (QED) is 0.702. The first-order valence-electron chi connectivity index (χ1n) is 9.69. The van der Waals surface area contributed by atoms with E-state index < -0.39 is 39.9 Å². The van der Waals surface area contributed by atoms with Gasteiger partial charge in [-0.1, -0.05) is 23.2 Å². The summed E-state index contributed by atoms with van der Waals surface area (Å²) in [7, 11) is -3.96. The zero-order valence-corrected chi connectivity index (χ0v) is 17.9. The standard InChI is InChI=1S/C19H22Cl2N2O5S/c20-12-7-13(21)9-14(8-12)29(27,28)23-5-1-2-15(23)18(24)22-17-11-4-3-10(6-11)16(17)19(25)26/h7-11,15-17H,1-6H2,(H,22,24)(H,25,26)/t10?,11?,15-,16-,17?/m0/s1. The summed E-state index contributed by atoms with van der Waals surface area (Å²) in [5.41, 5.74) is 0. The summed E-state index contributed by atoms with van der Waals surface area (Å²) in [6.07, 6.45) is 3.50. The lowest BCUT2D eigenvalue weighted by Gasteiger charge is -2.31. The molecule has 0 spiro atoms. The van der Waals surface area contributed by atoms with E-state index in [1.165, 1.54) is 22.5 Å². The van der Waals surface area contributed by atoms with Crippen LogP contribution in [0, 0.1) is 17.8 Å². The lowest BCUT2D eigenvalue weighted by atomic mass is 9.84. The molecule has 2 saturated carbocycles. The van der Waals surface area contributed by atoms with Crippen LogP contribution < -0.4 is 5.32 Å². The van der Waals surface area contributed by atoms with Crippen LogP contribution in [0.1, 0.15) is 32.1 Å². The summed E-state index contributed by atoms with van der Waals surface area (Å²) in [5, 5.41) is 12.9. The summed E-state index contributed by atoms with van der Waals surface area (Å²) < 4.78 is 27.4. The Morgan fingerprint density at radius 1 is 1.07 bits per heavy atom. The van der Waals surface area contributed by atoms with Crippen LogP contribution in [-0.2, 0) is 19.6 Å². The van der Waals surface area contributed by atoms with E-state index in [2.05, 4.69) is 5.32 Å². The topological polar surface area (TPSA) is 104 Å². The number of carboxylic acids is 1. The average Bonchev–Trinajstić information content (AvgIpc) is 3.36. The predicted octanol–water partition coefficient (Wildman–Crippen LogP) is 2.76. The van der Waals surface area contributed by atoms with Gasteiger partial charge in [0.05, 0.1) is 10.8 Å². The minimum atomic E-state index is -3.96. The Bertz CT molecular complexity index is 934. The highest BCUT2D eigenvalue weighted by molar-refractivity contribution is 7.89. The molecule has 2 aliphatic carbocycles. The van der Waals surface area contributed by atoms with E-state index >= 15 is 0 Å². The Labute approximate surface area is 179 Å². The normalized spacial score (nSPS) is 31.9. The van der Waals surface area contributed by atoms with Crippen molar-refractivity contribution in [1.82, 2.24) is 9.62 Å². The van der Waals surface area contributed by atoms with E-state index in [1.807, 2.05) is 0 Å². The fraction of sp³-hybridized carbons (Fsp3) is 0.579. The monoisotopic (exact) mass is 460 g/mol. The molecule has 3 unspecified atom stereocenters. The van der Waals surface area contributed by atoms with Gasteiger partial charge in [0.1, 0.15) is 6.04 Å². The van der Waals surface area contributed by atoms with Gasteiger partial charge in [0, 0.05) is 22.6 Å². The number of amides is 1. The molecule has 3 fully saturated rings. The van der Waals surface area contributed by atoms with E-state index in [0.717, 1.165) is 19.3 Å². The number of nitrogens with one attached hydrogen (secondary N) is 1. The maximum atomic E-state index is 13.1. The Morgan fingerprint density at radius 2 is 1.72 bits per heavy atom. The zero-order valence-electron chi connectivity index (χ0n) is 15.6. The fourth-order valence-electron chi connectivity index (χ4n) is 5.22. The van der Waals surface area contributed by atoms with Crippen LogP contribution in [0.2, 0.25) is 10.0 Å². The number of aliphatic carboxylic acids is 1. The van der Waals surface area contributed by atoms with Gasteiger partial charge < -0.3 is 10.4 Å². The molecule has 1 amide bonds. The average molecular weight is 461 g/mol. The molecule has 1 saturated heterocycles. The van der Waals surface area contributed by atoms with Crippen LogP contribution in [-0.4, -0.2) is 48.3 Å². The van der Waals surface area contributed by atoms with Gasteiger partial charge in [-0.15, -0.1) is 0 Å². The third-order valence-corrected chi connectivity index (χ3v) is 8.78. The molecular weight excluding hydrogens is 439 g/mol. The third-order valence-electron chi connectivity index (χ3n) is 6.46. The van der Waals surface area contributed by atoms with Crippen molar-refractivity contribution >= 4 is 45.1 Å². The third kappa shape index (κ3) is 3.76. The van der Waals surface area contributed by atoms with E-state index in [4.69, 9.17) is 23.2 Å². The van der Waals surface area contributed by atoms with Gasteiger partial charge in [-0.2, -0.15) is 4.31 Å². The van der Waals surface area contributed by atoms with Crippen LogP contribution in [0.5, 0.6) is 0 Å². The van der Waals surface area contributed by atoms with Crippen LogP contribution in [0.25, 0.3) is 0 Å². The second-order valence-electron chi connectivity index (χ2n) is 8.11. The highest BCUT2D eigenvalue weighted by Crippen LogP contribution is 2.48. The first-order valence-corrected chi connectivity index (χ1v) is 11.9. The minimum absolute atomic E-state index is 0.0574. The van der Waals surface area contributed by atoms with Crippen molar-refractivity contribution in [2.45, 2.75) is 49.1 Å². The maximum Gasteiger partial charge on any atom is 0.308 e. The SMILES string of the molecule is O=C(O)[C@H]1C2CCC(C2)C1NC(=O)[C@@H]1CCCN1S(=O)(=O)c1cc(Cl)cc(Cl)c1. The van der Waals surface area contributed by atoms with Gasteiger partial charge in [0.2, 0.25) is 15.9 Å². The van der Waals surface area contributed by atoms with Gasteiger partial charge in [0.25, 0.3) is 0 Å². The maximum absolute atomic E-state index is 13.1. The number of benzene rings is 1. The smallest absolute Gasteiger partial charge is 0.308 e. The number of fused-ring (bicyclic) bond motifs is 2. The van der Waals surface area contributed by atoms with Crippen LogP contribution in [0.3, 0.4) is 0 Å². The van der Waals surface area contributed by atoms with Crippen molar-refractivity contribution in [3.63, 3.8) is 0 Å². The first-order chi connectivity index (χ1) is 13.7. The lowest BCUT2D eigenvalue weighted by Crippen LogP contribution is -2.53. The number of carbonyl (C=O) groups excluding carboxylic acids is 1. The van der Waals surface area contributed by atoms with Crippen molar-refractivity contribution < 1.29 is 23.1 Å². The number of sulfonamides is 1. The lowest BCUT2D eigenvalue weighted by molar-refractivity contribution is -0.144. The highest BCUT2D eigenvalue weighted by Gasteiger charge is 2.52. The molecule has 2 N–H and O–H groups in total. The number of halogens is 2. The summed E-state index contributed by atoms with van der Waals surface area (Å²) in [6, 6.07) is 2.76. The second-order valence-corrected chi connectivity index (χ2v) is 10.9. The zero-order chi connectivity index (χ0) is 20.9. The summed E-state index contributed by atoms with van der Waals surface area (Å²) in [6.45, 7) is 0.212. The number of hydrogen-bond donors (Lipinski definition) is 2. The van der Waals surface area contributed by atoms with Gasteiger partial charge in [-0.25, -0.2) is 8.42 Å².